The van der Waals surface area contributed by atoms with Gasteiger partial charge in [-0.05, 0) is 30.2 Å². The van der Waals surface area contributed by atoms with Gasteiger partial charge in [-0.1, -0.05) is 67.1 Å². The van der Waals surface area contributed by atoms with Gasteiger partial charge in [0, 0.05) is 22.4 Å². The van der Waals surface area contributed by atoms with E-state index in [1.54, 1.807) is 47.7 Å². The molecular weight excluding hydrogens is 358 g/mol. The summed E-state index contributed by atoms with van der Waals surface area (Å²) in [6, 6.07) is 5.77. The Morgan fingerprint density at radius 3 is 2.15 bits per heavy atom. The number of rotatable bonds is 3. The van der Waals surface area contributed by atoms with E-state index in [-0.39, 0.29) is 11.8 Å². The topological polar surface area (TPSA) is 55.2 Å². The highest BCUT2D eigenvalue weighted by Gasteiger charge is 2.39. The Morgan fingerprint density at radius 2 is 1.67 bits per heavy atom. The number of aromatic nitrogens is 2. The molecule has 0 radical (unpaired) electrons. The van der Waals surface area contributed by atoms with E-state index >= 15 is 0 Å². The van der Waals surface area contributed by atoms with Crippen molar-refractivity contribution in [3.63, 3.8) is 0 Å². The second kappa shape index (κ2) is 7.50. The van der Waals surface area contributed by atoms with Crippen LogP contribution in [0.1, 0.15) is 60.5 Å². The van der Waals surface area contributed by atoms with Crippen LogP contribution < -0.4 is 5.01 Å². The number of carbonyl (C=O) groups excluding carboxylic acids is 2. The standard InChI is InChI=1S/C21H29N3O2S/c1-8-10-15-13-14-11-9-12-22-16(14)23(17(15)27)24(18(25)20(2,3)4)19(26)21(5,6)7/h9,11-13H,8,10H2,1-7H3. The highest BCUT2D eigenvalue weighted by Crippen LogP contribution is 2.26. The van der Waals surface area contributed by atoms with Crippen LogP contribution in [-0.2, 0) is 16.0 Å². The molecule has 0 saturated carbocycles. The highest BCUT2D eigenvalue weighted by molar-refractivity contribution is 7.71. The van der Waals surface area contributed by atoms with Crippen molar-refractivity contribution in [2.45, 2.75) is 61.3 Å². The van der Waals surface area contributed by atoms with E-state index < -0.39 is 10.8 Å². The van der Waals surface area contributed by atoms with E-state index in [0.29, 0.717) is 10.3 Å². The summed E-state index contributed by atoms with van der Waals surface area (Å²) in [4.78, 5) is 31.1. The Morgan fingerprint density at radius 1 is 1.11 bits per heavy atom. The molecular formula is C21H29N3O2S. The highest BCUT2D eigenvalue weighted by atomic mass is 32.1. The van der Waals surface area contributed by atoms with Crippen LogP contribution in [0, 0.1) is 15.5 Å². The maximum absolute atomic E-state index is 13.3. The van der Waals surface area contributed by atoms with Crippen molar-refractivity contribution < 1.29 is 9.59 Å². The summed E-state index contributed by atoms with van der Waals surface area (Å²) in [5, 5.41) is 2.06. The lowest BCUT2D eigenvalue weighted by Gasteiger charge is -2.34. The van der Waals surface area contributed by atoms with Gasteiger partial charge in [-0.15, -0.1) is 0 Å². The van der Waals surface area contributed by atoms with Gasteiger partial charge in [0.2, 0.25) is 0 Å². The lowest BCUT2D eigenvalue weighted by atomic mass is 9.91. The SMILES string of the molecule is CCCc1cc2cccnc2n(N(C(=O)C(C)(C)C)C(=O)C(C)(C)C)c1=S. The molecule has 6 heteroatoms. The van der Waals surface area contributed by atoms with Crippen LogP contribution in [0.25, 0.3) is 11.0 Å². The number of aryl methyl sites for hydroxylation is 1. The van der Waals surface area contributed by atoms with E-state index in [2.05, 4.69) is 11.9 Å². The predicted octanol–water partition coefficient (Wildman–Crippen LogP) is 4.80. The smallest absolute Gasteiger partial charge is 0.254 e. The molecule has 2 aromatic rings. The summed E-state index contributed by atoms with van der Waals surface area (Å²) in [6.07, 6.45) is 3.33. The molecule has 0 saturated heterocycles. The van der Waals surface area contributed by atoms with Crippen LogP contribution in [0.15, 0.2) is 24.4 Å². The summed E-state index contributed by atoms with van der Waals surface area (Å²) >= 11 is 5.72. The summed E-state index contributed by atoms with van der Waals surface area (Å²) in [7, 11) is 0. The minimum absolute atomic E-state index is 0.306. The van der Waals surface area contributed by atoms with Crippen molar-refractivity contribution in [2.24, 2.45) is 10.8 Å². The van der Waals surface area contributed by atoms with E-state index in [0.717, 1.165) is 23.8 Å². The minimum Gasteiger partial charge on any atom is -0.272 e. The Kier molecular flexibility index (Phi) is 5.90. The van der Waals surface area contributed by atoms with Crippen LogP contribution in [0.2, 0.25) is 0 Å². The normalized spacial score (nSPS) is 12.3. The van der Waals surface area contributed by atoms with Gasteiger partial charge in [-0.2, -0.15) is 5.01 Å². The van der Waals surface area contributed by atoms with Crippen LogP contribution in [0.3, 0.4) is 0 Å². The van der Waals surface area contributed by atoms with Crippen molar-refractivity contribution in [2.75, 3.05) is 5.01 Å². The fraction of sp³-hybridized carbons (Fsp3) is 0.524. The average Bonchev–Trinajstić information content (AvgIpc) is 2.56. The van der Waals surface area contributed by atoms with Gasteiger partial charge in [0.15, 0.2) is 5.65 Å². The lowest BCUT2D eigenvalue weighted by Crippen LogP contribution is -2.54. The Labute approximate surface area is 166 Å². The second-order valence-electron chi connectivity index (χ2n) is 8.87. The van der Waals surface area contributed by atoms with Crippen molar-refractivity contribution in [1.29, 1.82) is 0 Å². The largest absolute Gasteiger partial charge is 0.272 e. The van der Waals surface area contributed by atoms with Crippen molar-refractivity contribution >= 4 is 35.1 Å². The molecule has 2 aromatic heterocycles. The number of nitrogens with zero attached hydrogens (tertiary/aromatic N) is 3. The maximum Gasteiger partial charge on any atom is 0.254 e. The van der Waals surface area contributed by atoms with E-state index in [1.165, 1.54) is 9.69 Å². The number of fused-ring (bicyclic) bond motifs is 1. The van der Waals surface area contributed by atoms with Crippen LogP contribution in [-0.4, -0.2) is 21.5 Å². The molecule has 0 fully saturated rings. The molecule has 0 N–H and O–H groups in total. The molecule has 27 heavy (non-hydrogen) atoms. The van der Waals surface area contributed by atoms with Gasteiger partial charge < -0.3 is 0 Å². The van der Waals surface area contributed by atoms with Crippen molar-refractivity contribution in [3.05, 3.63) is 34.6 Å². The first-order valence-corrected chi connectivity index (χ1v) is 9.69. The molecule has 0 atom stereocenters. The molecule has 0 unspecified atom stereocenters. The predicted molar refractivity (Wildman–Crippen MR) is 112 cm³/mol. The van der Waals surface area contributed by atoms with Gasteiger partial charge in [0.1, 0.15) is 4.64 Å². The quantitative estimate of drug-likeness (QED) is 0.710. The first-order valence-electron chi connectivity index (χ1n) is 9.28. The monoisotopic (exact) mass is 387 g/mol. The van der Waals surface area contributed by atoms with Crippen molar-refractivity contribution in [1.82, 2.24) is 9.66 Å². The zero-order valence-electron chi connectivity index (χ0n) is 17.3. The van der Waals surface area contributed by atoms with Crippen molar-refractivity contribution in [3.8, 4) is 0 Å². The molecule has 2 rings (SSSR count). The second-order valence-corrected chi connectivity index (χ2v) is 9.26. The number of pyridine rings is 2. The summed E-state index contributed by atoms with van der Waals surface area (Å²) in [5.41, 5.74) is -0.0614. The molecule has 2 amide bonds. The van der Waals surface area contributed by atoms with Gasteiger partial charge in [0.25, 0.3) is 11.8 Å². The fourth-order valence-electron chi connectivity index (χ4n) is 2.72. The maximum atomic E-state index is 13.3. The Bertz CT molecular complexity index is 907. The van der Waals surface area contributed by atoms with Gasteiger partial charge in [-0.25, -0.2) is 9.66 Å². The van der Waals surface area contributed by atoms with Gasteiger partial charge >= 0.3 is 0 Å². The van der Waals surface area contributed by atoms with E-state index in [1.807, 2.05) is 18.2 Å². The van der Waals surface area contributed by atoms with Gasteiger partial charge in [-0.3, -0.25) is 9.59 Å². The molecule has 0 aromatic carbocycles. The minimum atomic E-state index is -0.752. The molecule has 0 spiro atoms. The molecule has 0 bridgehead atoms. The zero-order valence-corrected chi connectivity index (χ0v) is 18.1. The number of amides is 2. The third-order valence-corrected chi connectivity index (χ3v) is 4.64. The number of carbonyl (C=O) groups is 2. The van der Waals surface area contributed by atoms with Crippen LogP contribution >= 0.6 is 12.2 Å². The number of hydrogen-bond acceptors (Lipinski definition) is 4. The summed E-state index contributed by atoms with van der Waals surface area (Å²) in [6.45, 7) is 12.9. The van der Waals surface area contributed by atoms with Crippen LogP contribution in [0.4, 0.5) is 0 Å². The average molecular weight is 388 g/mol. The lowest BCUT2D eigenvalue weighted by molar-refractivity contribution is -0.137. The third-order valence-electron chi connectivity index (χ3n) is 4.20. The molecule has 0 aliphatic heterocycles. The van der Waals surface area contributed by atoms with Crippen LogP contribution in [0.5, 0.6) is 0 Å². The molecule has 0 aliphatic carbocycles. The molecule has 2 heterocycles. The first kappa shape index (κ1) is 21.2. The molecule has 0 aliphatic rings. The van der Waals surface area contributed by atoms with E-state index in [9.17, 15) is 9.59 Å². The summed E-state index contributed by atoms with van der Waals surface area (Å²) < 4.78 is 2.00. The Balaban J connectivity index is 2.92. The number of hydrogen-bond donors (Lipinski definition) is 0. The first-order chi connectivity index (χ1) is 12.4. The van der Waals surface area contributed by atoms with Gasteiger partial charge in [0.05, 0.1) is 0 Å². The molecule has 5 nitrogen and oxygen atoms in total. The summed E-state index contributed by atoms with van der Waals surface area (Å²) in [5.74, 6) is -0.613. The fourth-order valence-corrected chi connectivity index (χ4v) is 3.05. The third kappa shape index (κ3) is 4.26. The molecule has 146 valence electrons. The number of imide groups is 1. The zero-order chi connectivity index (χ0) is 20.6. The van der Waals surface area contributed by atoms with E-state index in [4.69, 9.17) is 12.2 Å². The Hall–Kier alpha value is -2.08.